The van der Waals surface area contributed by atoms with Crippen LogP contribution < -0.4 is 5.32 Å². The minimum Gasteiger partial charge on any atom is -0.366 e. The van der Waals surface area contributed by atoms with Crippen molar-refractivity contribution in [3.8, 4) is 0 Å². The summed E-state index contributed by atoms with van der Waals surface area (Å²) in [7, 11) is 0. The lowest BCUT2D eigenvalue weighted by molar-refractivity contribution is -0.0376. The quantitative estimate of drug-likeness (QED) is 0.749. The number of nitrogens with zero attached hydrogens (tertiary/aromatic N) is 3. The summed E-state index contributed by atoms with van der Waals surface area (Å²) in [6.07, 6.45) is 2.78. The maximum absolute atomic E-state index is 6.02. The first kappa shape index (κ1) is 13.5. The molecule has 1 aromatic heterocycles. The second-order valence-corrected chi connectivity index (χ2v) is 5.41. The molecule has 0 aromatic carbocycles. The SMILES string of the molecule is CCNCCn1nc(C)c(C(C)(C)OC2CC2)n1. The van der Waals surface area contributed by atoms with Gasteiger partial charge in [0.15, 0.2) is 0 Å². The number of nitrogens with one attached hydrogen (secondary N) is 1. The molecule has 0 unspecified atom stereocenters. The molecular formula is C13H24N4O. The molecule has 1 aliphatic rings. The number of hydrogen-bond donors (Lipinski definition) is 1. The topological polar surface area (TPSA) is 52.0 Å². The van der Waals surface area contributed by atoms with Crippen LogP contribution in [0.2, 0.25) is 0 Å². The number of hydrogen-bond acceptors (Lipinski definition) is 4. The first-order valence-corrected chi connectivity index (χ1v) is 6.83. The molecule has 1 heterocycles. The van der Waals surface area contributed by atoms with Crippen LogP contribution in [0.5, 0.6) is 0 Å². The van der Waals surface area contributed by atoms with Gasteiger partial charge in [-0.25, -0.2) is 0 Å². The lowest BCUT2D eigenvalue weighted by atomic mass is 10.0. The highest BCUT2D eigenvalue weighted by atomic mass is 16.5. The van der Waals surface area contributed by atoms with E-state index < -0.39 is 0 Å². The summed E-state index contributed by atoms with van der Waals surface area (Å²) in [5, 5.41) is 12.3. The van der Waals surface area contributed by atoms with E-state index in [0.29, 0.717) is 6.10 Å². The minimum atomic E-state index is -0.332. The first-order chi connectivity index (χ1) is 8.53. The molecule has 18 heavy (non-hydrogen) atoms. The second kappa shape index (κ2) is 5.36. The predicted molar refractivity (Wildman–Crippen MR) is 70.4 cm³/mol. The van der Waals surface area contributed by atoms with Gasteiger partial charge in [-0.3, -0.25) is 0 Å². The fraction of sp³-hybridized carbons (Fsp3) is 0.846. The zero-order valence-electron chi connectivity index (χ0n) is 11.9. The molecule has 1 aromatic rings. The Morgan fingerprint density at radius 3 is 2.72 bits per heavy atom. The molecule has 1 saturated carbocycles. The summed E-state index contributed by atoms with van der Waals surface area (Å²) >= 11 is 0. The maximum Gasteiger partial charge on any atom is 0.117 e. The molecule has 5 nitrogen and oxygen atoms in total. The number of aromatic nitrogens is 3. The minimum absolute atomic E-state index is 0.332. The summed E-state index contributed by atoms with van der Waals surface area (Å²) < 4.78 is 6.02. The van der Waals surface area contributed by atoms with E-state index in [9.17, 15) is 0 Å². The third kappa shape index (κ3) is 3.29. The molecule has 2 rings (SSSR count). The highest BCUT2D eigenvalue weighted by Gasteiger charge is 2.35. The third-order valence-corrected chi connectivity index (χ3v) is 3.12. The Balaban J connectivity index is 2.02. The fourth-order valence-electron chi connectivity index (χ4n) is 2.10. The van der Waals surface area contributed by atoms with E-state index in [1.807, 2.05) is 6.92 Å². The molecular weight excluding hydrogens is 228 g/mol. The average Bonchev–Trinajstić information content (AvgIpc) is 3.00. The maximum atomic E-state index is 6.02. The molecule has 0 atom stereocenters. The highest BCUT2D eigenvalue weighted by Crippen LogP contribution is 2.34. The summed E-state index contributed by atoms with van der Waals surface area (Å²) in [5.74, 6) is 0. The molecule has 5 heteroatoms. The van der Waals surface area contributed by atoms with E-state index in [-0.39, 0.29) is 5.60 Å². The van der Waals surface area contributed by atoms with E-state index >= 15 is 0 Å². The zero-order valence-corrected chi connectivity index (χ0v) is 11.9. The van der Waals surface area contributed by atoms with Crippen LogP contribution in [0.4, 0.5) is 0 Å². The van der Waals surface area contributed by atoms with Crippen LogP contribution in [0, 0.1) is 6.92 Å². The Hall–Kier alpha value is -0.940. The van der Waals surface area contributed by atoms with Gasteiger partial charge in [0, 0.05) is 6.54 Å². The van der Waals surface area contributed by atoms with E-state index in [4.69, 9.17) is 4.74 Å². The van der Waals surface area contributed by atoms with Gasteiger partial charge < -0.3 is 10.1 Å². The van der Waals surface area contributed by atoms with Gasteiger partial charge in [0.1, 0.15) is 11.3 Å². The van der Waals surface area contributed by atoms with E-state index in [1.54, 1.807) is 4.80 Å². The van der Waals surface area contributed by atoms with Crippen LogP contribution in [0.1, 0.15) is 45.0 Å². The lowest BCUT2D eigenvalue weighted by Gasteiger charge is -2.23. The largest absolute Gasteiger partial charge is 0.366 e. The molecule has 0 spiro atoms. The summed E-state index contributed by atoms with van der Waals surface area (Å²) in [6, 6.07) is 0. The van der Waals surface area contributed by atoms with Gasteiger partial charge in [-0.1, -0.05) is 6.92 Å². The average molecular weight is 252 g/mol. The number of likely N-dealkylation sites (N-methyl/N-ethyl adjacent to an activating group) is 1. The lowest BCUT2D eigenvalue weighted by Crippen LogP contribution is -2.25. The zero-order chi connectivity index (χ0) is 13.2. The number of aryl methyl sites for hydroxylation is 1. The van der Waals surface area contributed by atoms with Gasteiger partial charge in [-0.15, -0.1) is 0 Å². The van der Waals surface area contributed by atoms with Crippen molar-refractivity contribution in [1.82, 2.24) is 20.3 Å². The Morgan fingerprint density at radius 2 is 2.11 bits per heavy atom. The van der Waals surface area contributed by atoms with Crippen molar-refractivity contribution in [3.05, 3.63) is 11.4 Å². The number of ether oxygens (including phenoxy) is 1. The van der Waals surface area contributed by atoms with Crippen molar-refractivity contribution in [1.29, 1.82) is 0 Å². The number of rotatable bonds is 7. The summed E-state index contributed by atoms with van der Waals surface area (Å²) in [6.45, 7) is 10.9. The molecule has 0 amide bonds. The van der Waals surface area contributed by atoms with Gasteiger partial charge in [-0.05, 0) is 40.2 Å². The highest BCUT2D eigenvalue weighted by molar-refractivity contribution is 5.14. The second-order valence-electron chi connectivity index (χ2n) is 5.41. The Labute approximate surface area is 109 Å². The Bertz CT molecular complexity index is 396. The third-order valence-electron chi connectivity index (χ3n) is 3.12. The van der Waals surface area contributed by atoms with Crippen LogP contribution in [0.25, 0.3) is 0 Å². The molecule has 1 aliphatic carbocycles. The molecule has 0 radical (unpaired) electrons. The van der Waals surface area contributed by atoms with Crippen LogP contribution >= 0.6 is 0 Å². The fourth-order valence-corrected chi connectivity index (χ4v) is 2.10. The molecule has 0 aliphatic heterocycles. The van der Waals surface area contributed by atoms with Crippen molar-refractivity contribution < 1.29 is 4.74 Å². The van der Waals surface area contributed by atoms with Gasteiger partial charge in [0.25, 0.3) is 0 Å². The van der Waals surface area contributed by atoms with E-state index in [2.05, 4.69) is 36.3 Å². The van der Waals surface area contributed by atoms with Gasteiger partial charge in [0.05, 0.1) is 18.3 Å². The van der Waals surface area contributed by atoms with Crippen LogP contribution in [-0.4, -0.2) is 34.2 Å². The first-order valence-electron chi connectivity index (χ1n) is 6.83. The van der Waals surface area contributed by atoms with Gasteiger partial charge >= 0.3 is 0 Å². The van der Waals surface area contributed by atoms with Crippen molar-refractivity contribution in [2.24, 2.45) is 0 Å². The summed E-state index contributed by atoms with van der Waals surface area (Å²) in [4.78, 5) is 1.77. The molecule has 0 saturated heterocycles. The standard InChI is InChI=1S/C13H24N4O/c1-5-14-8-9-17-15-10(2)12(16-17)13(3,4)18-11-6-7-11/h11,14H,5-9H2,1-4H3. The van der Waals surface area contributed by atoms with E-state index in [1.165, 1.54) is 12.8 Å². The molecule has 1 N–H and O–H groups in total. The monoisotopic (exact) mass is 252 g/mol. The normalized spacial score (nSPS) is 16.2. The Kier molecular flexibility index (Phi) is 4.02. The van der Waals surface area contributed by atoms with Crippen LogP contribution in [0.3, 0.4) is 0 Å². The smallest absolute Gasteiger partial charge is 0.117 e. The van der Waals surface area contributed by atoms with Crippen LogP contribution in [0.15, 0.2) is 0 Å². The molecule has 102 valence electrons. The van der Waals surface area contributed by atoms with Crippen LogP contribution in [-0.2, 0) is 16.9 Å². The van der Waals surface area contributed by atoms with Gasteiger partial charge in [0.2, 0.25) is 0 Å². The predicted octanol–water partition coefficient (Wildman–Crippen LogP) is 1.61. The van der Waals surface area contributed by atoms with Crippen molar-refractivity contribution in [2.75, 3.05) is 13.1 Å². The van der Waals surface area contributed by atoms with Crippen molar-refractivity contribution in [3.63, 3.8) is 0 Å². The van der Waals surface area contributed by atoms with Crippen molar-refractivity contribution >= 4 is 0 Å². The summed E-state index contributed by atoms with van der Waals surface area (Å²) in [5.41, 5.74) is 1.60. The molecule has 0 bridgehead atoms. The van der Waals surface area contributed by atoms with Crippen molar-refractivity contribution in [2.45, 2.75) is 58.8 Å². The van der Waals surface area contributed by atoms with E-state index in [0.717, 1.165) is 31.0 Å². The Morgan fingerprint density at radius 1 is 1.39 bits per heavy atom. The van der Waals surface area contributed by atoms with Gasteiger partial charge in [-0.2, -0.15) is 15.0 Å². The molecule has 1 fully saturated rings.